The molecule has 1 aromatic heterocycles. The zero-order valence-corrected chi connectivity index (χ0v) is 17.0. The van der Waals surface area contributed by atoms with Gasteiger partial charge in [-0.1, -0.05) is 18.2 Å². The number of methoxy groups -OCH3 is 1. The summed E-state index contributed by atoms with van der Waals surface area (Å²) in [6.07, 6.45) is 5.22. The maximum absolute atomic E-state index is 13.0. The number of nitrogens with one attached hydrogen (secondary N) is 2. The highest BCUT2D eigenvalue weighted by molar-refractivity contribution is 6.06. The molecule has 1 aliphatic carbocycles. The van der Waals surface area contributed by atoms with E-state index in [4.69, 9.17) is 4.74 Å². The largest absolute Gasteiger partial charge is 0.495 e. The predicted molar refractivity (Wildman–Crippen MR) is 115 cm³/mol. The van der Waals surface area contributed by atoms with Crippen molar-refractivity contribution in [3.05, 3.63) is 72.1 Å². The van der Waals surface area contributed by atoms with Crippen LogP contribution in [0.2, 0.25) is 0 Å². The van der Waals surface area contributed by atoms with Crippen molar-refractivity contribution in [1.29, 1.82) is 0 Å². The smallest absolute Gasteiger partial charge is 0.255 e. The molecule has 2 N–H and O–H groups in total. The summed E-state index contributed by atoms with van der Waals surface area (Å²) in [4.78, 5) is 25.7. The molecule has 7 nitrogen and oxygen atoms in total. The number of amides is 2. The van der Waals surface area contributed by atoms with Crippen molar-refractivity contribution in [2.24, 2.45) is 5.41 Å². The molecule has 0 saturated heterocycles. The van der Waals surface area contributed by atoms with E-state index in [9.17, 15) is 9.59 Å². The molecular weight excluding hydrogens is 380 g/mol. The number of hydrogen-bond acceptors (Lipinski definition) is 4. The SMILES string of the molecule is COc1ccccc1NC(=O)c1ccc(C)c(NC(=O)C2(Cn3cccn3)CC2)c1. The fraction of sp³-hybridized carbons (Fsp3) is 0.261. The van der Waals surface area contributed by atoms with Crippen LogP contribution in [0.25, 0.3) is 0 Å². The minimum atomic E-state index is -0.436. The lowest BCUT2D eigenvalue weighted by Crippen LogP contribution is -2.29. The third-order valence-corrected chi connectivity index (χ3v) is 5.46. The number of benzene rings is 2. The summed E-state index contributed by atoms with van der Waals surface area (Å²) in [5, 5.41) is 10.1. The molecule has 0 bridgehead atoms. The van der Waals surface area contributed by atoms with Crippen LogP contribution in [0.5, 0.6) is 5.75 Å². The van der Waals surface area contributed by atoms with Gasteiger partial charge in [0.2, 0.25) is 5.91 Å². The monoisotopic (exact) mass is 404 g/mol. The van der Waals surface area contributed by atoms with Crippen LogP contribution in [0, 0.1) is 12.3 Å². The van der Waals surface area contributed by atoms with E-state index in [1.807, 2.05) is 37.4 Å². The summed E-state index contributed by atoms with van der Waals surface area (Å²) in [6.45, 7) is 2.46. The van der Waals surface area contributed by atoms with E-state index < -0.39 is 5.41 Å². The van der Waals surface area contributed by atoms with E-state index in [1.165, 1.54) is 0 Å². The Morgan fingerprint density at radius 3 is 2.60 bits per heavy atom. The van der Waals surface area contributed by atoms with Crippen LogP contribution in [-0.2, 0) is 11.3 Å². The second-order valence-corrected chi connectivity index (χ2v) is 7.62. The fourth-order valence-corrected chi connectivity index (χ4v) is 3.41. The maximum Gasteiger partial charge on any atom is 0.255 e. The second-order valence-electron chi connectivity index (χ2n) is 7.62. The Kier molecular flexibility index (Phi) is 5.27. The van der Waals surface area contributed by atoms with E-state index in [-0.39, 0.29) is 11.8 Å². The molecular formula is C23H24N4O3. The molecule has 0 radical (unpaired) electrons. The van der Waals surface area contributed by atoms with Gasteiger partial charge in [-0.15, -0.1) is 0 Å². The van der Waals surface area contributed by atoms with Crippen molar-refractivity contribution in [2.75, 3.05) is 17.7 Å². The van der Waals surface area contributed by atoms with Gasteiger partial charge in [0.05, 0.1) is 24.8 Å². The highest BCUT2D eigenvalue weighted by Crippen LogP contribution is 2.48. The molecule has 1 heterocycles. The van der Waals surface area contributed by atoms with Gasteiger partial charge in [0, 0.05) is 23.6 Å². The fourth-order valence-electron chi connectivity index (χ4n) is 3.41. The maximum atomic E-state index is 13.0. The molecule has 1 aliphatic rings. The minimum Gasteiger partial charge on any atom is -0.495 e. The lowest BCUT2D eigenvalue weighted by atomic mass is 10.0. The Labute approximate surface area is 175 Å². The third-order valence-electron chi connectivity index (χ3n) is 5.46. The van der Waals surface area contributed by atoms with Gasteiger partial charge in [-0.3, -0.25) is 14.3 Å². The lowest BCUT2D eigenvalue weighted by Gasteiger charge is -2.17. The summed E-state index contributed by atoms with van der Waals surface area (Å²) >= 11 is 0. The van der Waals surface area contributed by atoms with Crippen molar-refractivity contribution in [3.63, 3.8) is 0 Å². The first-order chi connectivity index (χ1) is 14.5. The quantitative estimate of drug-likeness (QED) is 0.626. The number of nitrogens with zero attached hydrogens (tertiary/aromatic N) is 2. The molecule has 4 rings (SSSR count). The first kappa shape index (κ1) is 19.7. The van der Waals surface area contributed by atoms with E-state index in [1.54, 1.807) is 42.3 Å². The zero-order chi connectivity index (χ0) is 21.1. The highest BCUT2D eigenvalue weighted by Gasteiger charge is 2.50. The molecule has 0 spiro atoms. The molecule has 1 saturated carbocycles. The van der Waals surface area contributed by atoms with Crippen LogP contribution in [0.15, 0.2) is 60.9 Å². The van der Waals surface area contributed by atoms with Crippen molar-refractivity contribution < 1.29 is 14.3 Å². The summed E-state index contributed by atoms with van der Waals surface area (Å²) in [7, 11) is 1.56. The number of hydrogen-bond donors (Lipinski definition) is 2. The third kappa shape index (κ3) is 4.05. The summed E-state index contributed by atoms with van der Waals surface area (Å²) in [5.74, 6) is 0.275. The average Bonchev–Trinajstić information content (AvgIpc) is 3.35. The summed E-state index contributed by atoms with van der Waals surface area (Å²) in [6, 6.07) is 14.4. The van der Waals surface area contributed by atoms with Crippen molar-refractivity contribution in [1.82, 2.24) is 9.78 Å². The minimum absolute atomic E-state index is 0.0385. The van der Waals surface area contributed by atoms with Crippen molar-refractivity contribution in [3.8, 4) is 5.75 Å². The van der Waals surface area contributed by atoms with Crippen LogP contribution in [0.4, 0.5) is 11.4 Å². The molecule has 1 fully saturated rings. The molecule has 0 unspecified atom stereocenters. The van der Waals surface area contributed by atoms with Gasteiger partial charge in [0.15, 0.2) is 0 Å². The first-order valence-corrected chi connectivity index (χ1v) is 9.85. The molecule has 0 atom stereocenters. The number of aryl methyl sites for hydroxylation is 1. The predicted octanol–water partition coefficient (Wildman–Crippen LogP) is 3.87. The topological polar surface area (TPSA) is 85.3 Å². The number of para-hydroxylation sites is 2. The number of carbonyl (C=O) groups is 2. The zero-order valence-electron chi connectivity index (χ0n) is 17.0. The molecule has 30 heavy (non-hydrogen) atoms. The number of rotatable bonds is 7. The number of aromatic nitrogens is 2. The van der Waals surface area contributed by atoms with Crippen LogP contribution in [0.3, 0.4) is 0 Å². The number of ether oxygens (including phenoxy) is 1. The highest BCUT2D eigenvalue weighted by atomic mass is 16.5. The molecule has 3 aromatic rings. The van der Waals surface area contributed by atoms with E-state index in [0.29, 0.717) is 29.2 Å². The normalized spacial score (nSPS) is 14.1. The van der Waals surface area contributed by atoms with Gasteiger partial charge < -0.3 is 15.4 Å². The van der Waals surface area contributed by atoms with Crippen molar-refractivity contribution in [2.45, 2.75) is 26.3 Å². The number of carbonyl (C=O) groups excluding carboxylic acids is 2. The molecule has 7 heteroatoms. The van der Waals surface area contributed by atoms with Gasteiger partial charge in [0.25, 0.3) is 5.91 Å². The molecule has 2 amide bonds. The number of anilines is 2. The van der Waals surface area contributed by atoms with Crippen LogP contribution >= 0.6 is 0 Å². The van der Waals surface area contributed by atoms with E-state index >= 15 is 0 Å². The van der Waals surface area contributed by atoms with Crippen LogP contribution < -0.4 is 15.4 Å². The average molecular weight is 404 g/mol. The second kappa shape index (κ2) is 8.02. The Morgan fingerprint density at radius 1 is 1.10 bits per heavy atom. The van der Waals surface area contributed by atoms with Gasteiger partial charge in [-0.2, -0.15) is 5.10 Å². The molecule has 0 aliphatic heterocycles. The van der Waals surface area contributed by atoms with Crippen molar-refractivity contribution >= 4 is 23.2 Å². The Morgan fingerprint density at radius 2 is 1.90 bits per heavy atom. The molecule has 154 valence electrons. The molecule has 2 aromatic carbocycles. The lowest BCUT2D eigenvalue weighted by molar-refractivity contribution is -0.121. The van der Waals surface area contributed by atoms with Gasteiger partial charge in [-0.05, 0) is 55.7 Å². The standard InChI is InChI=1S/C23H24N4O3/c1-16-8-9-17(21(28)25-18-6-3-4-7-20(18)30-2)14-19(16)26-22(29)23(10-11-23)15-27-13-5-12-24-27/h3-9,12-14H,10-11,15H2,1-2H3,(H,25,28)(H,26,29). The Hall–Kier alpha value is -3.61. The summed E-state index contributed by atoms with van der Waals surface area (Å²) < 4.78 is 7.07. The first-order valence-electron chi connectivity index (χ1n) is 9.85. The summed E-state index contributed by atoms with van der Waals surface area (Å²) in [5.41, 5.74) is 2.14. The van der Waals surface area contributed by atoms with E-state index in [2.05, 4.69) is 15.7 Å². The Bertz CT molecular complexity index is 1070. The Balaban J connectivity index is 1.49. The van der Waals surface area contributed by atoms with Crippen LogP contribution in [0.1, 0.15) is 28.8 Å². The van der Waals surface area contributed by atoms with E-state index in [0.717, 1.165) is 18.4 Å². The van der Waals surface area contributed by atoms with Crippen LogP contribution in [-0.4, -0.2) is 28.7 Å². The van der Waals surface area contributed by atoms with Gasteiger partial charge >= 0.3 is 0 Å². The van der Waals surface area contributed by atoms with Gasteiger partial charge in [0.1, 0.15) is 5.75 Å². The van der Waals surface area contributed by atoms with Gasteiger partial charge in [-0.25, -0.2) is 0 Å².